The molecule has 5 nitrogen and oxygen atoms in total. The van der Waals surface area contributed by atoms with Crippen LogP contribution in [0.5, 0.6) is 0 Å². The number of nitrogens with one attached hydrogen (secondary N) is 2. The van der Waals surface area contributed by atoms with Gasteiger partial charge >= 0.3 is 5.69 Å². The summed E-state index contributed by atoms with van der Waals surface area (Å²) in [6.45, 7) is 4.07. The molecule has 14 heavy (non-hydrogen) atoms. The second kappa shape index (κ2) is 4.23. The number of rotatable bonds is 3. The van der Waals surface area contributed by atoms with Crippen molar-refractivity contribution in [3.05, 3.63) is 32.6 Å². The molecule has 0 unspecified atom stereocenters. The lowest BCUT2D eigenvalue weighted by Gasteiger charge is -2.12. The summed E-state index contributed by atoms with van der Waals surface area (Å²) in [5.74, 6) is 0.424. The van der Waals surface area contributed by atoms with E-state index in [9.17, 15) is 9.59 Å². The number of hydrogen-bond acceptors (Lipinski definition) is 3. The maximum atomic E-state index is 11.0. The van der Waals surface area contributed by atoms with E-state index in [0.29, 0.717) is 11.6 Å². The normalized spacial score (nSPS) is 13.1. The third kappa shape index (κ3) is 2.85. The summed E-state index contributed by atoms with van der Waals surface area (Å²) in [6, 6.07) is 1.04. The SMILES string of the molecule is CC(C)C[C@@H](N)c1cc(=O)[nH]c(=O)[nH]1. The number of aromatic nitrogens is 2. The monoisotopic (exact) mass is 197 g/mol. The van der Waals surface area contributed by atoms with Gasteiger partial charge in [-0.25, -0.2) is 4.79 Å². The van der Waals surface area contributed by atoms with Gasteiger partial charge in [-0.05, 0) is 12.3 Å². The van der Waals surface area contributed by atoms with Gasteiger partial charge in [0, 0.05) is 17.8 Å². The van der Waals surface area contributed by atoms with Gasteiger partial charge in [0.15, 0.2) is 0 Å². The predicted octanol–water partition coefficient (Wildman–Crippen LogP) is 0.109. The molecule has 0 spiro atoms. The molecule has 78 valence electrons. The number of aromatic amines is 2. The lowest BCUT2D eigenvalue weighted by Crippen LogP contribution is -2.27. The molecule has 4 N–H and O–H groups in total. The van der Waals surface area contributed by atoms with Crippen LogP contribution < -0.4 is 17.0 Å². The number of H-pyrrole nitrogens is 2. The van der Waals surface area contributed by atoms with Crippen molar-refractivity contribution in [2.75, 3.05) is 0 Å². The Morgan fingerprint density at radius 1 is 1.36 bits per heavy atom. The van der Waals surface area contributed by atoms with Crippen molar-refractivity contribution in [2.45, 2.75) is 26.3 Å². The van der Waals surface area contributed by atoms with Crippen LogP contribution in [-0.2, 0) is 0 Å². The van der Waals surface area contributed by atoms with Crippen LogP contribution in [0, 0.1) is 5.92 Å². The van der Waals surface area contributed by atoms with Gasteiger partial charge < -0.3 is 10.7 Å². The number of nitrogens with two attached hydrogens (primary N) is 1. The first-order valence-corrected chi connectivity index (χ1v) is 4.58. The fourth-order valence-corrected chi connectivity index (χ4v) is 1.32. The van der Waals surface area contributed by atoms with Crippen molar-refractivity contribution in [3.8, 4) is 0 Å². The molecule has 1 rings (SSSR count). The first-order chi connectivity index (χ1) is 6.49. The van der Waals surface area contributed by atoms with Gasteiger partial charge in [-0.3, -0.25) is 9.78 Å². The van der Waals surface area contributed by atoms with E-state index in [2.05, 4.69) is 9.97 Å². The second-order valence-corrected chi connectivity index (χ2v) is 3.78. The van der Waals surface area contributed by atoms with Crippen molar-refractivity contribution in [1.29, 1.82) is 0 Å². The zero-order chi connectivity index (χ0) is 10.7. The van der Waals surface area contributed by atoms with Crippen LogP contribution in [0.1, 0.15) is 32.0 Å². The Balaban J connectivity index is 2.95. The summed E-state index contributed by atoms with van der Waals surface area (Å²) in [6.07, 6.45) is 0.736. The highest BCUT2D eigenvalue weighted by molar-refractivity contribution is 5.04. The minimum atomic E-state index is -0.508. The molecular formula is C9H15N3O2. The smallest absolute Gasteiger partial charge is 0.323 e. The molecule has 0 saturated heterocycles. The van der Waals surface area contributed by atoms with Crippen LogP contribution in [0.15, 0.2) is 15.7 Å². The van der Waals surface area contributed by atoms with Crippen LogP contribution >= 0.6 is 0 Å². The molecule has 1 atom stereocenters. The summed E-state index contributed by atoms with van der Waals surface area (Å²) in [5.41, 5.74) is 5.38. The largest absolute Gasteiger partial charge is 0.325 e. The predicted molar refractivity (Wildman–Crippen MR) is 54.1 cm³/mol. The Kier molecular flexibility index (Phi) is 3.24. The summed E-state index contributed by atoms with van der Waals surface area (Å²) < 4.78 is 0. The van der Waals surface area contributed by atoms with E-state index in [0.717, 1.165) is 6.42 Å². The average molecular weight is 197 g/mol. The zero-order valence-corrected chi connectivity index (χ0v) is 8.33. The summed E-state index contributed by atoms with van der Waals surface area (Å²) >= 11 is 0. The lowest BCUT2D eigenvalue weighted by atomic mass is 10.0. The zero-order valence-electron chi connectivity index (χ0n) is 8.33. The van der Waals surface area contributed by atoms with E-state index >= 15 is 0 Å². The van der Waals surface area contributed by atoms with Gasteiger partial charge in [-0.1, -0.05) is 13.8 Å². The van der Waals surface area contributed by atoms with E-state index in [1.54, 1.807) is 0 Å². The minimum Gasteiger partial charge on any atom is -0.323 e. The summed E-state index contributed by atoms with van der Waals surface area (Å²) in [4.78, 5) is 26.5. The fraction of sp³-hybridized carbons (Fsp3) is 0.556. The standard InChI is InChI=1S/C9H15N3O2/c1-5(2)3-6(10)7-4-8(13)12-9(14)11-7/h4-6H,3,10H2,1-2H3,(H2,11,12,13,14)/t6-/m1/s1. The Bertz CT molecular complexity index is 377. The molecule has 0 fully saturated rings. The van der Waals surface area contributed by atoms with E-state index in [1.807, 2.05) is 13.8 Å². The Morgan fingerprint density at radius 2 is 2.00 bits per heavy atom. The molecule has 0 aliphatic rings. The minimum absolute atomic E-state index is 0.287. The van der Waals surface area contributed by atoms with E-state index in [4.69, 9.17) is 5.73 Å². The molecule has 1 aromatic heterocycles. The first-order valence-electron chi connectivity index (χ1n) is 4.58. The maximum Gasteiger partial charge on any atom is 0.325 e. The molecule has 0 aromatic carbocycles. The van der Waals surface area contributed by atoms with E-state index in [1.165, 1.54) is 6.07 Å². The van der Waals surface area contributed by atoms with Gasteiger partial charge in [0.1, 0.15) is 0 Å². The van der Waals surface area contributed by atoms with Gasteiger partial charge in [0.05, 0.1) is 0 Å². The Morgan fingerprint density at radius 3 is 2.50 bits per heavy atom. The van der Waals surface area contributed by atoms with Crippen molar-refractivity contribution in [1.82, 2.24) is 9.97 Å². The molecule has 0 bridgehead atoms. The molecular weight excluding hydrogens is 182 g/mol. The highest BCUT2D eigenvalue weighted by Crippen LogP contribution is 2.14. The highest BCUT2D eigenvalue weighted by Gasteiger charge is 2.09. The molecule has 1 heterocycles. The molecule has 1 aromatic rings. The van der Waals surface area contributed by atoms with Crippen molar-refractivity contribution >= 4 is 0 Å². The van der Waals surface area contributed by atoms with Crippen LogP contribution in [-0.4, -0.2) is 9.97 Å². The number of hydrogen-bond donors (Lipinski definition) is 3. The third-order valence-electron chi connectivity index (χ3n) is 1.91. The van der Waals surface area contributed by atoms with Crippen LogP contribution in [0.4, 0.5) is 0 Å². The lowest BCUT2D eigenvalue weighted by molar-refractivity contribution is 0.500. The molecule has 5 heteroatoms. The third-order valence-corrected chi connectivity index (χ3v) is 1.91. The van der Waals surface area contributed by atoms with Crippen LogP contribution in [0.2, 0.25) is 0 Å². The summed E-state index contributed by atoms with van der Waals surface area (Å²) in [5, 5.41) is 0. The van der Waals surface area contributed by atoms with Gasteiger partial charge in [0.25, 0.3) is 5.56 Å². The van der Waals surface area contributed by atoms with E-state index in [-0.39, 0.29) is 6.04 Å². The second-order valence-electron chi connectivity index (χ2n) is 3.78. The molecule has 0 radical (unpaired) electrons. The highest BCUT2D eigenvalue weighted by atomic mass is 16.2. The Labute approximate surface area is 81.4 Å². The molecule has 0 amide bonds. The molecule has 0 aliphatic heterocycles. The first kappa shape index (κ1) is 10.7. The van der Waals surface area contributed by atoms with Gasteiger partial charge in [-0.15, -0.1) is 0 Å². The van der Waals surface area contributed by atoms with Crippen LogP contribution in [0.3, 0.4) is 0 Å². The Hall–Kier alpha value is -1.36. The molecule has 0 aliphatic carbocycles. The van der Waals surface area contributed by atoms with Crippen molar-refractivity contribution in [3.63, 3.8) is 0 Å². The average Bonchev–Trinajstić information content (AvgIpc) is 2.00. The van der Waals surface area contributed by atoms with E-state index < -0.39 is 11.2 Å². The maximum absolute atomic E-state index is 11.0. The fourth-order valence-electron chi connectivity index (χ4n) is 1.32. The van der Waals surface area contributed by atoms with Crippen molar-refractivity contribution in [2.24, 2.45) is 11.7 Å². The van der Waals surface area contributed by atoms with Gasteiger partial charge in [0.2, 0.25) is 0 Å². The van der Waals surface area contributed by atoms with Crippen LogP contribution in [0.25, 0.3) is 0 Å². The quantitative estimate of drug-likeness (QED) is 0.642. The summed E-state index contributed by atoms with van der Waals surface area (Å²) in [7, 11) is 0. The molecule has 0 saturated carbocycles. The van der Waals surface area contributed by atoms with Crippen molar-refractivity contribution < 1.29 is 0 Å². The topological polar surface area (TPSA) is 91.7 Å². The van der Waals surface area contributed by atoms with Gasteiger partial charge in [-0.2, -0.15) is 0 Å².